The highest BCUT2D eigenvalue weighted by Gasteiger charge is 2.25. The number of hydrogen-bond acceptors (Lipinski definition) is 3. The van der Waals surface area contributed by atoms with Crippen LogP contribution in [0, 0.1) is 11.6 Å². The fraction of sp³-hybridized carbons (Fsp3) is 0.450. The molecule has 0 bridgehead atoms. The molecule has 1 fully saturated rings. The van der Waals surface area contributed by atoms with E-state index in [-0.39, 0.29) is 6.04 Å². The van der Waals surface area contributed by atoms with Gasteiger partial charge in [0.1, 0.15) is 17.4 Å². The molecule has 5 nitrogen and oxygen atoms in total. The quantitative estimate of drug-likeness (QED) is 0.576. The molecule has 1 saturated heterocycles. The van der Waals surface area contributed by atoms with Crippen LogP contribution in [0.15, 0.2) is 46.0 Å². The van der Waals surface area contributed by atoms with Crippen molar-refractivity contribution in [2.24, 2.45) is 4.99 Å². The lowest BCUT2D eigenvalue weighted by molar-refractivity contribution is 0.215. The van der Waals surface area contributed by atoms with Crippen LogP contribution in [0.1, 0.15) is 30.2 Å². The van der Waals surface area contributed by atoms with Crippen LogP contribution >= 0.6 is 0 Å². The van der Waals surface area contributed by atoms with Gasteiger partial charge < -0.3 is 15.1 Å². The first-order chi connectivity index (χ1) is 13.2. The minimum atomic E-state index is -0.556. The van der Waals surface area contributed by atoms with Crippen LogP contribution in [0.2, 0.25) is 0 Å². The number of furan rings is 1. The first-order valence-corrected chi connectivity index (χ1v) is 9.32. The van der Waals surface area contributed by atoms with Crippen LogP contribution in [-0.2, 0) is 6.42 Å². The summed E-state index contributed by atoms with van der Waals surface area (Å²) in [4.78, 5) is 6.64. The molecule has 3 rings (SSSR count). The summed E-state index contributed by atoms with van der Waals surface area (Å²) in [5.74, 6) is 0.483. The van der Waals surface area contributed by atoms with E-state index in [1.54, 1.807) is 13.3 Å². The fourth-order valence-corrected chi connectivity index (χ4v) is 3.44. The third-order valence-corrected chi connectivity index (χ3v) is 4.77. The van der Waals surface area contributed by atoms with Gasteiger partial charge in [0.25, 0.3) is 0 Å². The van der Waals surface area contributed by atoms with Crippen molar-refractivity contribution in [1.82, 2.24) is 15.5 Å². The maximum atomic E-state index is 13.3. The highest BCUT2D eigenvalue weighted by atomic mass is 19.1. The smallest absolute Gasteiger partial charge is 0.191 e. The molecule has 2 N–H and O–H groups in total. The van der Waals surface area contributed by atoms with Gasteiger partial charge in [0.05, 0.1) is 12.3 Å². The summed E-state index contributed by atoms with van der Waals surface area (Å²) in [5.41, 5.74) is 0.612. The topological polar surface area (TPSA) is 52.8 Å². The van der Waals surface area contributed by atoms with Crippen molar-refractivity contribution in [1.29, 1.82) is 0 Å². The molecule has 0 spiro atoms. The van der Waals surface area contributed by atoms with Crippen LogP contribution in [-0.4, -0.2) is 44.1 Å². The Labute approximate surface area is 158 Å². The largest absolute Gasteiger partial charge is 0.468 e. The Balaban J connectivity index is 1.51. The van der Waals surface area contributed by atoms with E-state index in [9.17, 15) is 8.78 Å². The zero-order valence-corrected chi connectivity index (χ0v) is 15.5. The molecule has 7 heteroatoms. The Morgan fingerprint density at radius 3 is 2.56 bits per heavy atom. The van der Waals surface area contributed by atoms with Gasteiger partial charge in [-0.3, -0.25) is 9.89 Å². The van der Waals surface area contributed by atoms with E-state index >= 15 is 0 Å². The van der Waals surface area contributed by atoms with Crippen LogP contribution in [0.3, 0.4) is 0 Å². The van der Waals surface area contributed by atoms with Crippen LogP contribution in [0.5, 0.6) is 0 Å². The molecule has 2 heterocycles. The van der Waals surface area contributed by atoms with E-state index in [4.69, 9.17) is 4.42 Å². The van der Waals surface area contributed by atoms with Gasteiger partial charge in [0, 0.05) is 26.2 Å². The van der Waals surface area contributed by atoms with E-state index < -0.39 is 11.6 Å². The zero-order valence-electron chi connectivity index (χ0n) is 15.5. The molecule has 0 saturated carbocycles. The number of hydrogen-bond donors (Lipinski definition) is 2. The molecule has 0 radical (unpaired) electrons. The lowest BCUT2D eigenvalue weighted by Gasteiger charge is -2.26. The maximum Gasteiger partial charge on any atom is 0.191 e. The summed E-state index contributed by atoms with van der Waals surface area (Å²) in [6, 6.07) is 7.63. The van der Waals surface area contributed by atoms with Crippen molar-refractivity contribution in [3.05, 3.63) is 59.6 Å². The Hall–Kier alpha value is -2.41. The minimum Gasteiger partial charge on any atom is -0.468 e. The first kappa shape index (κ1) is 19.4. The van der Waals surface area contributed by atoms with Gasteiger partial charge in [-0.15, -0.1) is 0 Å². The van der Waals surface area contributed by atoms with E-state index in [0.717, 1.165) is 24.9 Å². The maximum absolute atomic E-state index is 13.3. The molecule has 1 aromatic heterocycles. The molecule has 1 aromatic carbocycles. The van der Waals surface area contributed by atoms with Gasteiger partial charge in [0.2, 0.25) is 0 Å². The van der Waals surface area contributed by atoms with E-state index in [0.29, 0.717) is 31.0 Å². The molecule has 27 heavy (non-hydrogen) atoms. The van der Waals surface area contributed by atoms with E-state index in [1.807, 2.05) is 12.1 Å². The third kappa shape index (κ3) is 5.53. The molecule has 1 unspecified atom stereocenters. The van der Waals surface area contributed by atoms with Crippen LogP contribution in [0.4, 0.5) is 8.78 Å². The second-order valence-electron chi connectivity index (χ2n) is 6.68. The standard InChI is InChI=1S/C20H26F2N4O/c1-23-20(24-7-6-15-11-16(21)13-17(22)12-15)25-14-18(19-5-4-10-27-19)26-8-2-3-9-26/h4-5,10-13,18H,2-3,6-9,14H2,1H3,(H2,23,24,25). The Kier molecular flexibility index (Phi) is 6.81. The van der Waals surface area contributed by atoms with Crippen molar-refractivity contribution in [2.75, 3.05) is 33.2 Å². The number of likely N-dealkylation sites (tertiary alicyclic amines) is 1. The number of aliphatic imine (C=N–C) groups is 1. The minimum absolute atomic E-state index is 0.151. The SMILES string of the molecule is CN=C(NCCc1cc(F)cc(F)c1)NCC(c1ccco1)N1CCCC1. The number of benzene rings is 1. The van der Waals surface area contributed by atoms with E-state index in [1.165, 1.54) is 25.0 Å². The van der Waals surface area contributed by atoms with E-state index in [2.05, 4.69) is 20.5 Å². The number of halogens is 2. The second kappa shape index (κ2) is 9.50. The van der Waals surface area contributed by atoms with Gasteiger partial charge in [-0.1, -0.05) is 0 Å². The predicted octanol–water partition coefficient (Wildman–Crippen LogP) is 3.10. The molecule has 1 atom stereocenters. The molecule has 2 aromatic rings. The van der Waals surface area contributed by atoms with Crippen molar-refractivity contribution >= 4 is 5.96 Å². The summed E-state index contributed by atoms with van der Waals surface area (Å²) < 4.78 is 32.1. The number of nitrogens with zero attached hydrogens (tertiary/aromatic N) is 2. The number of rotatable bonds is 7. The zero-order chi connectivity index (χ0) is 19.1. The van der Waals surface area contributed by atoms with Crippen LogP contribution in [0.25, 0.3) is 0 Å². The molecule has 1 aliphatic rings. The Bertz CT molecular complexity index is 722. The van der Waals surface area contributed by atoms with Gasteiger partial charge >= 0.3 is 0 Å². The predicted molar refractivity (Wildman–Crippen MR) is 102 cm³/mol. The number of nitrogens with one attached hydrogen (secondary N) is 2. The highest BCUT2D eigenvalue weighted by Crippen LogP contribution is 2.24. The Morgan fingerprint density at radius 2 is 1.93 bits per heavy atom. The van der Waals surface area contributed by atoms with Crippen molar-refractivity contribution < 1.29 is 13.2 Å². The summed E-state index contributed by atoms with van der Waals surface area (Å²) in [5, 5.41) is 6.53. The summed E-state index contributed by atoms with van der Waals surface area (Å²) in [7, 11) is 1.70. The van der Waals surface area contributed by atoms with Gasteiger partial charge in [0.15, 0.2) is 5.96 Å². The lowest BCUT2D eigenvalue weighted by atomic mass is 10.1. The number of guanidine groups is 1. The van der Waals surface area contributed by atoms with Crippen molar-refractivity contribution in [2.45, 2.75) is 25.3 Å². The molecular formula is C20H26F2N4O. The summed E-state index contributed by atoms with van der Waals surface area (Å²) in [6.45, 7) is 3.31. The Morgan fingerprint density at radius 1 is 1.19 bits per heavy atom. The van der Waals surface area contributed by atoms with Gasteiger partial charge in [-0.2, -0.15) is 0 Å². The highest BCUT2D eigenvalue weighted by molar-refractivity contribution is 5.79. The molecular weight excluding hydrogens is 350 g/mol. The second-order valence-corrected chi connectivity index (χ2v) is 6.68. The van der Waals surface area contributed by atoms with Gasteiger partial charge in [-0.05, 0) is 62.2 Å². The molecule has 1 aliphatic heterocycles. The summed E-state index contributed by atoms with van der Waals surface area (Å²) in [6.07, 6.45) is 4.61. The molecule has 146 valence electrons. The van der Waals surface area contributed by atoms with Crippen molar-refractivity contribution in [3.63, 3.8) is 0 Å². The molecule has 0 aliphatic carbocycles. The lowest BCUT2D eigenvalue weighted by Crippen LogP contribution is -2.43. The van der Waals surface area contributed by atoms with Gasteiger partial charge in [-0.25, -0.2) is 8.78 Å². The third-order valence-electron chi connectivity index (χ3n) is 4.77. The molecule has 0 amide bonds. The average molecular weight is 376 g/mol. The van der Waals surface area contributed by atoms with Crippen LogP contribution < -0.4 is 10.6 Å². The first-order valence-electron chi connectivity index (χ1n) is 9.32. The average Bonchev–Trinajstić information content (AvgIpc) is 3.34. The van der Waals surface area contributed by atoms with Crippen molar-refractivity contribution in [3.8, 4) is 0 Å². The normalized spacial score (nSPS) is 16.5. The summed E-state index contributed by atoms with van der Waals surface area (Å²) >= 11 is 0. The fourth-order valence-electron chi connectivity index (χ4n) is 3.44. The monoisotopic (exact) mass is 376 g/mol.